The summed E-state index contributed by atoms with van der Waals surface area (Å²) in [5.74, 6) is 1.84. The highest BCUT2D eigenvalue weighted by atomic mass is 16.5. The van der Waals surface area contributed by atoms with E-state index in [1.54, 1.807) is 35.2 Å². The van der Waals surface area contributed by atoms with Gasteiger partial charge in [-0.3, -0.25) is 10.2 Å². The van der Waals surface area contributed by atoms with Crippen LogP contribution in [0, 0.1) is 22.2 Å². The van der Waals surface area contributed by atoms with Gasteiger partial charge >= 0.3 is 0 Å². The number of benzene rings is 2. The maximum absolute atomic E-state index is 12.9. The molecule has 0 aliphatic carbocycles. The number of nitrogen functional groups attached to an aromatic ring is 1. The first-order chi connectivity index (χ1) is 18.6. The van der Waals surface area contributed by atoms with Crippen LogP contribution in [0.2, 0.25) is 0 Å². The third-order valence-corrected chi connectivity index (χ3v) is 6.30. The van der Waals surface area contributed by atoms with E-state index in [1.807, 2.05) is 51.1 Å². The molecule has 1 aliphatic heterocycles. The summed E-state index contributed by atoms with van der Waals surface area (Å²) in [6.07, 6.45) is 4.44. The molecule has 9 heteroatoms. The molecule has 2 heterocycles. The van der Waals surface area contributed by atoms with Crippen molar-refractivity contribution in [2.45, 2.75) is 39.7 Å². The average Bonchev–Trinajstić information content (AvgIpc) is 2.92. The number of likely N-dealkylation sites (tertiary alicyclic amines) is 1. The van der Waals surface area contributed by atoms with Crippen LogP contribution in [-0.4, -0.2) is 45.6 Å². The van der Waals surface area contributed by atoms with Gasteiger partial charge in [0.1, 0.15) is 41.1 Å². The van der Waals surface area contributed by atoms with Gasteiger partial charge in [0.05, 0.1) is 11.3 Å². The predicted octanol–water partition coefficient (Wildman–Crippen LogP) is 5.17. The maximum atomic E-state index is 12.9. The first kappa shape index (κ1) is 27.3. The van der Waals surface area contributed by atoms with Crippen LogP contribution in [0.15, 0.2) is 72.6 Å². The number of anilines is 2. The number of nitrogens with one attached hydrogen (secondary N) is 2. The van der Waals surface area contributed by atoms with Crippen molar-refractivity contribution in [1.29, 1.82) is 10.7 Å². The number of allylic oxidation sites excluding steroid dienone is 1. The van der Waals surface area contributed by atoms with Crippen LogP contribution >= 0.6 is 0 Å². The van der Waals surface area contributed by atoms with Gasteiger partial charge in [0.2, 0.25) is 0 Å². The number of hydrogen-bond acceptors (Lipinski definition) is 8. The second-order valence-corrected chi connectivity index (χ2v) is 10.5. The van der Waals surface area contributed by atoms with E-state index in [4.69, 9.17) is 15.9 Å². The number of para-hydroxylation sites is 1. The van der Waals surface area contributed by atoms with Gasteiger partial charge in [0.25, 0.3) is 5.91 Å². The molecule has 0 unspecified atom stereocenters. The summed E-state index contributed by atoms with van der Waals surface area (Å²) < 4.78 is 5.86. The molecule has 1 fully saturated rings. The number of nitrogens with two attached hydrogens (primary N) is 1. The van der Waals surface area contributed by atoms with Crippen LogP contribution in [0.1, 0.15) is 44.7 Å². The molecule has 0 atom stereocenters. The van der Waals surface area contributed by atoms with Crippen molar-refractivity contribution in [2.75, 3.05) is 24.1 Å². The number of carbonyl (C=O) groups excluding carboxylic acids is 1. The van der Waals surface area contributed by atoms with Crippen molar-refractivity contribution in [3.8, 4) is 17.6 Å². The fourth-order valence-corrected chi connectivity index (χ4v) is 4.38. The first-order valence-electron chi connectivity index (χ1n) is 12.9. The van der Waals surface area contributed by atoms with Gasteiger partial charge in [0.15, 0.2) is 0 Å². The molecule has 1 aromatic heterocycles. The van der Waals surface area contributed by atoms with Crippen molar-refractivity contribution in [1.82, 2.24) is 14.9 Å². The second kappa shape index (κ2) is 11.8. The van der Waals surface area contributed by atoms with E-state index in [1.165, 1.54) is 6.33 Å². The molecule has 200 valence electrons. The fraction of sp³-hybridized carbons (Fsp3) is 0.300. The number of nitriles is 1. The molecule has 39 heavy (non-hydrogen) atoms. The number of carbonyl (C=O) groups is 1. The molecule has 2 aromatic carbocycles. The maximum Gasteiger partial charge on any atom is 0.264 e. The Morgan fingerprint density at radius 1 is 1.10 bits per heavy atom. The Labute approximate surface area is 228 Å². The number of nitrogens with zero attached hydrogens (tertiary/aromatic N) is 4. The highest BCUT2D eigenvalue weighted by molar-refractivity contribution is 6.16. The smallest absolute Gasteiger partial charge is 0.264 e. The molecule has 0 radical (unpaired) electrons. The van der Waals surface area contributed by atoms with Crippen molar-refractivity contribution in [2.24, 2.45) is 5.41 Å². The quantitative estimate of drug-likeness (QED) is 0.220. The average molecular weight is 524 g/mol. The van der Waals surface area contributed by atoms with Crippen LogP contribution in [0.25, 0.3) is 0 Å². The Morgan fingerprint density at radius 3 is 2.36 bits per heavy atom. The lowest BCUT2D eigenvalue weighted by Crippen LogP contribution is -2.43. The van der Waals surface area contributed by atoms with Gasteiger partial charge < -0.3 is 20.7 Å². The van der Waals surface area contributed by atoms with Crippen molar-refractivity contribution < 1.29 is 9.53 Å². The van der Waals surface area contributed by atoms with Crippen molar-refractivity contribution >= 4 is 23.3 Å². The minimum atomic E-state index is -0.260. The van der Waals surface area contributed by atoms with Gasteiger partial charge in [-0.1, -0.05) is 45.0 Å². The van der Waals surface area contributed by atoms with Gasteiger partial charge in [-0.25, -0.2) is 9.97 Å². The molecule has 4 rings (SSSR count). The van der Waals surface area contributed by atoms with E-state index in [0.717, 1.165) is 5.75 Å². The summed E-state index contributed by atoms with van der Waals surface area (Å²) in [4.78, 5) is 23.1. The molecular formula is C30H33N7O2. The summed E-state index contributed by atoms with van der Waals surface area (Å²) in [5.41, 5.74) is 7.39. The van der Waals surface area contributed by atoms with Crippen molar-refractivity contribution in [3.63, 3.8) is 0 Å². The Morgan fingerprint density at radius 2 is 1.74 bits per heavy atom. The summed E-state index contributed by atoms with van der Waals surface area (Å²) in [6, 6.07) is 18.8. The first-order valence-corrected chi connectivity index (χ1v) is 12.9. The number of aromatic nitrogens is 2. The van der Waals surface area contributed by atoms with E-state index in [9.17, 15) is 10.1 Å². The topological polar surface area (TPSA) is 141 Å². The summed E-state index contributed by atoms with van der Waals surface area (Å²) in [6.45, 7) is 6.90. The molecule has 1 aliphatic rings. The predicted molar refractivity (Wildman–Crippen MR) is 152 cm³/mol. The standard InChI is InChI=1S/C30H33N7O2/c1-30(2,3)17-21(18-31)29(38)37-15-13-22(14-16-37)36-28-25(27(33)34-19-35-28)26(32)20-9-11-24(12-10-20)39-23-7-5-4-6-8-23/h4-12,17,19,22,32H,13-16H2,1-3H3,(H3,33,34,35,36). The monoisotopic (exact) mass is 523 g/mol. The Bertz CT molecular complexity index is 1400. The number of amides is 1. The van der Waals surface area contributed by atoms with Crippen LogP contribution in [0.4, 0.5) is 11.6 Å². The normalized spacial score (nSPS) is 14.4. The van der Waals surface area contributed by atoms with Gasteiger partial charge in [0, 0.05) is 24.7 Å². The van der Waals surface area contributed by atoms with E-state index < -0.39 is 0 Å². The van der Waals surface area contributed by atoms with Crippen LogP contribution in [-0.2, 0) is 4.79 Å². The van der Waals surface area contributed by atoms with Crippen molar-refractivity contribution in [3.05, 3.63) is 83.7 Å². The Balaban J connectivity index is 1.43. The van der Waals surface area contributed by atoms with Crippen LogP contribution < -0.4 is 15.8 Å². The zero-order valence-electron chi connectivity index (χ0n) is 22.4. The summed E-state index contributed by atoms with van der Waals surface area (Å²) in [7, 11) is 0. The minimum Gasteiger partial charge on any atom is -0.457 e. The van der Waals surface area contributed by atoms with E-state index in [-0.39, 0.29) is 34.5 Å². The lowest BCUT2D eigenvalue weighted by atomic mass is 9.93. The largest absolute Gasteiger partial charge is 0.457 e. The second-order valence-electron chi connectivity index (χ2n) is 10.5. The highest BCUT2D eigenvalue weighted by Crippen LogP contribution is 2.27. The number of hydrogen-bond donors (Lipinski definition) is 3. The lowest BCUT2D eigenvalue weighted by Gasteiger charge is -2.33. The molecule has 1 saturated heterocycles. The molecule has 0 saturated carbocycles. The molecule has 3 aromatic rings. The number of ether oxygens (including phenoxy) is 1. The van der Waals surface area contributed by atoms with Crippen LogP contribution in [0.5, 0.6) is 11.5 Å². The van der Waals surface area contributed by atoms with E-state index >= 15 is 0 Å². The number of piperidine rings is 1. The third-order valence-electron chi connectivity index (χ3n) is 6.30. The molecule has 0 bridgehead atoms. The molecular weight excluding hydrogens is 490 g/mol. The van der Waals surface area contributed by atoms with Gasteiger partial charge in [-0.15, -0.1) is 0 Å². The number of rotatable bonds is 7. The lowest BCUT2D eigenvalue weighted by molar-refractivity contribution is -0.127. The summed E-state index contributed by atoms with van der Waals surface area (Å²) in [5, 5.41) is 21.8. The minimum absolute atomic E-state index is 0.0219. The summed E-state index contributed by atoms with van der Waals surface area (Å²) >= 11 is 0. The molecule has 9 nitrogen and oxygen atoms in total. The zero-order chi connectivity index (χ0) is 28.0. The van der Waals surface area contributed by atoms with E-state index in [0.29, 0.717) is 48.6 Å². The fourth-order valence-electron chi connectivity index (χ4n) is 4.38. The van der Waals surface area contributed by atoms with Gasteiger partial charge in [-0.05, 0) is 54.7 Å². The Hall–Kier alpha value is -4.71. The van der Waals surface area contributed by atoms with Gasteiger partial charge in [-0.2, -0.15) is 5.26 Å². The van der Waals surface area contributed by atoms with Crippen LogP contribution in [0.3, 0.4) is 0 Å². The highest BCUT2D eigenvalue weighted by Gasteiger charge is 2.27. The zero-order valence-corrected chi connectivity index (χ0v) is 22.4. The Kier molecular flexibility index (Phi) is 8.25. The molecule has 1 amide bonds. The molecule has 4 N–H and O–H groups in total. The molecule has 0 spiro atoms. The SMILES string of the molecule is CC(C)(C)C=C(C#N)C(=O)N1CCC(Nc2ncnc(N)c2C(=N)c2ccc(Oc3ccccc3)cc2)CC1. The van der Waals surface area contributed by atoms with E-state index in [2.05, 4.69) is 21.4 Å². The third kappa shape index (κ3) is 6.99.